The molecular weight excluding hydrogens is 592 g/mol. The molecule has 45 heavy (non-hydrogen) atoms. The number of ether oxygens (including phenoxy) is 1. The molecule has 9 nitrogen and oxygen atoms in total. The highest BCUT2D eigenvalue weighted by Gasteiger charge is 2.23. The fraction of sp³-hybridized carbons (Fsp3) is 0.0286. The summed E-state index contributed by atoms with van der Waals surface area (Å²) >= 11 is 1.33. The van der Waals surface area contributed by atoms with Gasteiger partial charge >= 0.3 is 11.9 Å². The summed E-state index contributed by atoms with van der Waals surface area (Å²) in [4.78, 5) is 50.0. The fourth-order valence-corrected chi connectivity index (χ4v) is 5.37. The Bertz CT molecular complexity index is 1830. The maximum Gasteiger partial charge on any atom is 0.336 e. The monoisotopic (exact) mass is 618 g/mol. The van der Waals surface area contributed by atoms with Crippen LogP contribution in [0.3, 0.4) is 0 Å². The third-order valence-corrected chi connectivity index (χ3v) is 7.82. The molecule has 0 aliphatic rings. The number of carbonyl (C=O) groups excluding carboxylic acids is 2. The number of thioether (sulfide) groups is 1. The van der Waals surface area contributed by atoms with Crippen molar-refractivity contribution in [2.45, 2.75) is 10.1 Å². The van der Waals surface area contributed by atoms with Crippen LogP contribution in [0.1, 0.15) is 41.9 Å². The van der Waals surface area contributed by atoms with Crippen molar-refractivity contribution in [1.29, 1.82) is 0 Å². The number of carboxylic acids is 2. The predicted octanol–water partition coefficient (Wildman–Crippen LogP) is 7.60. The van der Waals surface area contributed by atoms with Crippen LogP contribution in [0.15, 0.2) is 132 Å². The van der Waals surface area contributed by atoms with Crippen molar-refractivity contribution >= 4 is 46.9 Å². The molecule has 5 aromatic carbocycles. The predicted molar refractivity (Wildman–Crippen MR) is 171 cm³/mol. The van der Waals surface area contributed by atoms with Crippen LogP contribution in [0, 0.1) is 0 Å². The number of benzene rings is 5. The van der Waals surface area contributed by atoms with Gasteiger partial charge in [0.1, 0.15) is 16.7 Å². The first-order chi connectivity index (χ1) is 21.8. The van der Waals surface area contributed by atoms with Crippen molar-refractivity contribution < 1.29 is 34.1 Å². The topological polar surface area (TPSA) is 142 Å². The van der Waals surface area contributed by atoms with Gasteiger partial charge in [0, 0.05) is 16.3 Å². The zero-order chi connectivity index (χ0) is 31.8. The Morgan fingerprint density at radius 1 is 0.600 bits per heavy atom. The summed E-state index contributed by atoms with van der Waals surface area (Å²) in [7, 11) is 0. The summed E-state index contributed by atoms with van der Waals surface area (Å²) in [6.07, 6.45) is 0. The maximum atomic E-state index is 13.5. The first kappa shape index (κ1) is 30.6. The molecule has 0 aliphatic carbocycles. The lowest BCUT2D eigenvalue weighted by Crippen LogP contribution is -2.19. The second kappa shape index (κ2) is 14.1. The molecule has 0 radical (unpaired) electrons. The number of rotatable bonds is 11. The molecule has 0 aliphatic heterocycles. The first-order valence-electron chi connectivity index (χ1n) is 13.6. The molecule has 1 unspecified atom stereocenters. The Balaban J connectivity index is 1.27. The molecular formula is C35H26N2O7S. The van der Waals surface area contributed by atoms with Crippen molar-refractivity contribution in [3.63, 3.8) is 0 Å². The zero-order valence-electron chi connectivity index (χ0n) is 23.5. The molecule has 5 rings (SSSR count). The van der Waals surface area contributed by atoms with E-state index in [4.69, 9.17) is 9.84 Å². The van der Waals surface area contributed by atoms with Crippen LogP contribution in [0.25, 0.3) is 0 Å². The van der Waals surface area contributed by atoms with Gasteiger partial charge in [0.05, 0.1) is 16.7 Å². The van der Waals surface area contributed by atoms with E-state index in [1.807, 2.05) is 60.7 Å². The average molecular weight is 619 g/mol. The molecule has 10 heteroatoms. The number of aromatic carboxylic acids is 2. The molecule has 4 N–H and O–H groups in total. The van der Waals surface area contributed by atoms with Crippen LogP contribution >= 0.6 is 11.8 Å². The van der Waals surface area contributed by atoms with E-state index in [-0.39, 0.29) is 17.0 Å². The quantitative estimate of drug-likeness (QED) is 0.111. The van der Waals surface area contributed by atoms with Gasteiger partial charge in [-0.1, -0.05) is 48.5 Å². The van der Waals surface area contributed by atoms with Gasteiger partial charge < -0.3 is 25.6 Å². The highest BCUT2D eigenvalue weighted by atomic mass is 32.2. The van der Waals surface area contributed by atoms with Gasteiger partial charge in [0.2, 0.25) is 5.91 Å². The smallest absolute Gasteiger partial charge is 0.336 e. The van der Waals surface area contributed by atoms with Crippen LogP contribution in [-0.4, -0.2) is 34.0 Å². The molecule has 0 bridgehead atoms. The number of hydrogen-bond donors (Lipinski definition) is 4. The lowest BCUT2D eigenvalue weighted by molar-refractivity contribution is -0.115. The number of anilines is 2. The number of carboxylic acid groups (broad SMARTS) is 2. The summed E-state index contributed by atoms with van der Waals surface area (Å²) < 4.78 is 5.83. The standard InChI is InChI=1S/C35H26N2O7S/c38-32(29-20-11-23(34(40)41)21-30(29)35(42)43)36-25-14-18-28(19-15-25)45-31(22-7-3-1-4-8-22)33(39)37-24-12-16-27(17-13-24)44-26-9-5-2-6-10-26/h1-21,31H,(H,36,38)(H,37,39)(H,40,41)(H,42,43). The van der Waals surface area contributed by atoms with E-state index in [9.17, 15) is 24.3 Å². The molecule has 5 aromatic rings. The fourth-order valence-electron chi connectivity index (χ4n) is 4.34. The number of para-hydroxylation sites is 1. The van der Waals surface area contributed by atoms with Crippen LogP contribution in [0.4, 0.5) is 11.4 Å². The van der Waals surface area contributed by atoms with E-state index >= 15 is 0 Å². The third-order valence-electron chi connectivity index (χ3n) is 6.55. The van der Waals surface area contributed by atoms with Crippen molar-refractivity contribution in [1.82, 2.24) is 0 Å². The summed E-state index contributed by atoms with van der Waals surface area (Å²) in [5.74, 6) is -2.31. The molecule has 0 heterocycles. The Labute approximate surface area is 262 Å². The van der Waals surface area contributed by atoms with Gasteiger partial charge in [-0.05, 0) is 84.4 Å². The van der Waals surface area contributed by atoms with Crippen molar-refractivity contribution in [2.75, 3.05) is 10.6 Å². The number of amides is 2. The molecule has 2 amide bonds. The highest BCUT2D eigenvalue weighted by molar-refractivity contribution is 8.00. The Kier molecular flexibility index (Phi) is 9.56. The lowest BCUT2D eigenvalue weighted by atomic mass is 10.0. The first-order valence-corrected chi connectivity index (χ1v) is 14.5. The van der Waals surface area contributed by atoms with Gasteiger partial charge in [-0.25, -0.2) is 9.59 Å². The highest BCUT2D eigenvalue weighted by Crippen LogP contribution is 2.37. The van der Waals surface area contributed by atoms with Crippen LogP contribution < -0.4 is 15.4 Å². The summed E-state index contributed by atoms with van der Waals surface area (Å²) in [5.41, 5.74) is 0.962. The SMILES string of the molecule is O=C(O)c1ccc(C(=O)Nc2ccc(SC(C(=O)Nc3ccc(Oc4ccccc4)cc3)c3ccccc3)cc2)c(C(=O)O)c1. The van der Waals surface area contributed by atoms with Crippen LogP contribution in [-0.2, 0) is 4.79 Å². The van der Waals surface area contributed by atoms with E-state index in [1.54, 1.807) is 48.5 Å². The van der Waals surface area contributed by atoms with E-state index in [1.165, 1.54) is 23.9 Å². The Morgan fingerprint density at radius 3 is 1.80 bits per heavy atom. The number of carbonyl (C=O) groups is 4. The van der Waals surface area contributed by atoms with Gasteiger partial charge in [-0.2, -0.15) is 0 Å². The molecule has 0 saturated heterocycles. The van der Waals surface area contributed by atoms with E-state index in [2.05, 4.69) is 10.6 Å². The number of nitrogens with one attached hydrogen (secondary N) is 2. The Hall–Kier alpha value is -5.87. The van der Waals surface area contributed by atoms with Crippen LogP contribution in [0.2, 0.25) is 0 Å². The molecule has 1 atom stereocenters. The minimum Gasteiger partial charge on any atom is -0.478 e. The van der Waals surface area contributed by atoms with E-state index < -0.39 is 28.7 Å². The lowest BCUT2D eigenvalue weighted by Gasteiger charge is -2.18. The van der Waals surface area contributed by atoms with E-state index in [0.29, 0.717) is 22.9 Å². The molecule has 0 fully saturated rings. The van der Waals surface area contributed by atoms with Crippen molar-refractivity contribution in [3.05, 3.63) is 150 Å². The molecule has 224 valence electrons. The maximum absolute atomic E-state index is 13.5. The van der Waals surface area contributed by atoms with Crippen LogP contribution in [0.5, 0.6) is 11.5 Å². The van der Waals surface area contributed by atoms with Gasteiger partial charge in [0.25, 0.3) is 5.91 Å². The normalized spacial score (nSPS) is 11.2. The largest absolute Gasteiger partial charge is 0.478 e. The van der Waals surface area contributed by atoms with E-state index in [0.717, 1.165) is 16.5 Å². The Morgan fingerprint density at radius 2 is 1.18 bits per heavy atom. The number of hydrogen-bond acceptors (Lipinski definition) is 6. The minimum atomic E-state index is -1.42. The summed E-state index contributed by atoms with van der Waals surface area (Å²) in [6, 6.07) is 35.9. The third kappa shape index (κ3) is 7.95. The summed E-state index contributed by atoms with van der Waals surface area (Å²) in [6.45, 7) is 0. The van der Waals surface area contributed by atoms with Gasteiger partial charge in [0.15, 0.2) is 0 Å². The molecule has 0 aromatic heterocycles. The minimum absolute atomic E-state index is 0.175. The second-order valence-corrected chi connectivity index (χ2v) is 10.9. The van der Waals surface area contributed by atoms with Gasteiger partial charge in [-0.15, -0.1) is 11.8 Å². The molecule has 0 saturated carbocycles. The zero-order valence-corrected chi connectivity index (χ0v) is 24.4. The van der Waals surface area contributed by atoms with Crippen molar-refractivity contribution in [2.24, 2.45) is 0 Å². The molecule has 0 spiro atoms. The summed E-state index contributed by atoms with van der Waals surface area (Å²) in [5, 5.41) is 23.7. The second-order valence-electron chi connectivity index (χ2n) is 9.69. The van der Waals surface area contributed by atoms with Gasteiger partial charge in [-0.3, -0.25) is 9.59 Å². The average Bonchev–Trinajstić information content (AvgIpc) is 3.05. The van der Waals surface area contributed by atoms with Crippen molar-refractivity contribution in [3.8, 4) is 11.5 Å².